The van der Waals surface area contributed by atoms with Crippen LogP contribution >= 0.6 is 23.2 Å². The van der Waals surface area contributed by atoms with Gasteiger partial charge in [0.05, 0.1) is 10.6 Å². The van der Waals surface area contributed by atoms with Crippen LogP contribution in [0.3, 0.4) is 0 Å². The Hall–Kier alpha value is -0.770. The Bertz CT molecular complexity index is 499. The standard InChI is InChI=1S/C16H22Cl2N2O/c1-11-5-7-20(8-6-11)12(2)10-19-16(21)14-4-3-13(17)9-15(14)18/h3-4,9,11-12H,5-8,10H2,1-2H3,(H,19,21). The van der Waals surface area contributed by atoms with Crippen LogP contribution in [-0.2, 0) is 0 Å². The fourth-order valence-corrected chi connectivity index (χ4v) is 3.10. The summed E-state index contributed by atoms with van der Waals surface area (Å²) in [7, 11) is 0. The summed E-state index contributed by atoms with van der Waals surface area (Å²) in [4.78, 5) is 14.6. The second kappa shape index (κ2) is 7.48. The molecule has 1 fully saturated rings. The zero-order chi connectivity index (χ0) is 15.4. The highest BCUT2D eigenvalue weighted by Crippen LogP contribution is 2.21. The maximum Gasteiger partial charge on any atom is 0.252 e. The SMILES string of the molecule is CC1CCN(C(C)CNC(=O)c2ccc(Cl)cc2Cl)CC1. The minimum Gasteiger partial charge on any atom is -0.350 e. The molecule has 1 amide bonds. The Morgan fingerprint density at radius 2 is 2.05 bits per heavy atom. The van der Waals surface area contributed by atoms with E-state index in [0.29, 0.717) is 28.2 Å². The first-order valence-corrected chi connectivity index (χ1v) is 8.20. The van der Waals surface area contributed by atoms with Gasteiger partial charge in [-0.3, -0.25) is 9.69 Å². The van der Waals surface area contributed by atoms with E-state index < -0.39 is 0 Å². The normalized spacial score (nSPS) is 18.5. The van der Waals surface area contributed by atoms with Crippen LogP contribution in [0.1, 0.15) is 37.0 Å². The van der Waals surface area contributed by atoms with Crippen LogP contribution < -0.4 is 5.32 Å². The Morgan fingerprint density at radius 3 is 2.67 bits per heavy atom. The summed E-state index contributed by atoms with van der Waals surface area (Å²) in [5, 5.41) is 3.88. The first-order chi connectivity index (χ1) is 9.97. The van der Waals surface area contributed by atoms with Crippen LogP contribution in [0.15, 0.2) is 18.2 Å². The number of benzene rings is 1. The van der Waals surface area contributed by atoms with Crippen molar-refractivity contribution in [2.45, 2.75) is 32.7 Å². The largest absolute Gasteiger partial charge is 0.350 e. The van der Waals surface area contributed by atoms with E-state index in [9.17, 15) is 4.79 Å². The van der Waals surface area contributed by atoms with Crippen LogP contribution in [0.2, 0.25) is 10.0 Å². The molecule has 1 aromatic rings. The van der Waals surface area contributed by atoms with E-state index in [1.807, 2.05) is 0 Å². The van der Waals surface area contributed by atoms with Crippen LogP contribution in [-0.4, -0.2) is 36.5 Å². The predicted octanol–water partition coefficient (Wildman–Crippen LogP) is 3.84. The van der Waals surface area contributed by atoms with E-state index in [4.69, 9.17) is 23.2 Å². The molecule has 21 heavy (non-hydrogen) atoms. The first kappa shape index (κ1) is 16.6. The highest BCUT2D eigenvalue weighted by atomic mass is 35.5. The molecule has 2 rings (SSSR count). The smallest absolute Gasteiger partial charge is 0.252 e. The number of hydrogen-bond acceptors (Lipinski definition) is 2. The molecule has 1 aliphatic heterocycles. The third-order valence-electron chi connectivity index (χ3n) is 4.18. The third-order valence-corrected chi connectivity index (χ3v) is 4.72. The molecule has 3 nitrogen and oxygen atoms in total. The molecule has 1 heterocycles. The predicted molar refractivity (Wildman–Crippen MR) is 88.2 cm³/mol. The van der Waals surface area contributed by atoms with Gasteiger partial charge < -0.3 is 5.32 Å². The van der Waals surface area contributed by atoms with Gasteiger partial charge in [0.15, 0.2) is 0 Å². The lowest BCUT2D eigenvalue weighted by Crippen LogP contribution is -2.45. The van der Waals surface area contributed by atoms with Crippen molar-refractivity contribution in [3.63, 3.8) is 0 Å². The topological polar surface area (TPSA) is 32.3 Å². The van der Waals surface area contributed by atoms with Gasteiger partial charge in [0.25, 0.3) is 5.91 Å². The highest BCUT2D eigenvalue weighted by Gasteiger charge is 2.21. The molecule has 1 aromatic carbocycles. The van der Waals surface area contributed by atoms with E-state index in [1.165, 1.54) is 12.8 Å². The molecule has 1 unspecified atom stereocenters. The van der Waals surface area contributed by atoms with Gasteiger partial charge in [-0.2, -0.15) is 0 Å². The van der Waals surface area contributed by atoms with E-state index in [2.05, 4.69) is 24.1 Å². The summed E-state index contributed by atoms with van der Waals surface area (Å²) in [5.41, 5.74) is 0.473. The number of carbonyl (C=O) groups excluding carboxylic acids is 1. The summed E-state index contributed by atoms with van der Waals surface area (Å²) in [6.07, 6.45) is 2.47. The second-order valence-electron chi connectivity index (χ2n) is 5.90. The number of carbonyl (C=O) groups is 1. The summed E-state index contributed by atoms with van der Waals surface area (Å²) in [6.45, 7) is 7.30. The monoisotopic (exact) mass is 328 g/mol. The van der Waals surface area contributed by atoms with Crippen LogP contribution in [0.25, 0.3) is 0 Å². The summed E-state index contributed by atoms with van der Waals surface area (Å²) in [6, 6.07) is 5.27. The zero-order valence-corrected chi connectivity index (χ0v) is 14.0. The van der Waals surface area contributed by atoms with Crippen LogP contribution in [0.4, 0.5) is 0 Å². The van der Waals surface area contributed by atoms with Crippen molar-refractivity contribution in [3.8, 4) is 0 Å². The summed E-state index contributed by atoms with van der Waals surface area (Å²) in [5.74, 6) is 0.671. The maximum atomic E-state index is 12.2. The van der Waals surface area contributed by atoms with Gasteiger partial charge in [0.2, 0.25) is 0 Å². The van der Waals surface area contributed by atoms with Crippen molar-refractivity contribution in [3.05, 3.63) is 33.8 Å². The van der Waals surface area contributed by atoms with Gasteiger partial charge >= 0.3 is 0 Å². The number of piperidine rings is 1. The van der Waals surface area contributed by atoms with Crippen molar-refractivity contribution < 1.29 is 4.79 Å². The Morgan fingerprint density at radius 1 is 1.38 bits per heavy atom. The minimum absolute atomic E-state index is 0.145. The lowest BCUT2D eigenvalue weighted by molar-refractivity contribution is 0.0922. The molecule has 1 atom stereocenters. The van der Waals surface area contributed by atoms with Crippen molar-refractivity contribution in [1.82, 2.24) is 10.2 Å². The minimum atomic E-state index is -0.145. The Kier molecular flexibility index (Phi) is 5.91. The van der Waals surface area contributed by atoms with Gasteiger partial charge in [0, 0.05) is 17.6 Å². The zero-order valence-electron chi connectivity index (χ0n) is 12.5. The molecule has 0 bridgehead atoms. The van der Waals surface area contributed by atoms with E-state index in [0.717, 1.165) is 19.0 Å². The average molecular weight is 329 g/mol. The fourth-order valence-electron chi connectivity index (χ4n) is 2.61. The molecule has 1 aliphatic rings. The lowest BCUT2D eigenvalue weighted by atomic mass is 9.98. The number of amides is 1. The van der Waals surface area contributed by atoms with Crippen molar-refractivity contribution in [2.24, 2.45) is 5.92 Å². The second-order valence-corrected chi connectivity index (χ2v) is 6.75. The molecule has 0 aromatic heterocycles. The number of halogens is 2. The molecule has 0 aliphatic carbocycles. The van der Waals surface area contributed by atoms with Crippen LogP contribution in [0, 0.1) is 5.92 Å². The molecule has 1 saturated heterocycles. The molecule has 1 N–H and O–H groups in total. The summed E-state index contributed by atoms with van der Waals surface area (Å²) < 4.78 is 0. The van der Waals surface area contributed by atoms with Crippen LogP contribution in [0.5, 0.6) is 0 Å². The molecule has 116 valence electrons. The first-order valence-electron chi connectivity index (χ1n) is 7.44. The average Bonchev–Trinajstić information content (AvgIpc) is 2.45. The number of nitrogens with zero attached hydrogens (tertiary/aromatic N) is 1. The summed E-state index contributed by atoms with van der Waals surface area (Å²) >= 11 is 11.9. The number of likely N-dealkylation sites (tertiary alicyclic amines) is 1. The van der Waals surface area contributed by atoms with Crippen molar-refractivity contribution in [1.29, 1.82) is 0 Å². The van der Waals surface area contributed by atoms with E-state index in [-0.39, 0.29) is 5.91 Å². The van der Waals surface area contributed by atoms with Gasteiger partial charge in [0.1, 0.15) is 0 Å². The molecule has 5 heteroatoms. The lowest BCUT2D eigenvalue weighted by Gasteiger charge is -2.35. The highest BCUT2D eigenvalue weighted by molar-refractivity contribution is 6.36. The molecular formula is C16H22Cl2N2O. The number of hydrogen-bond donors (Lipinski definition) is 1. The van der Waals surface area contributed by atoms with E-state index >= 15 is 0 Å². The molecule has 0 saturated carbocycles. The Labute approximate surface area is 136 Å². The third kappa shape index (κ3) is 4.60. The quantitative estimate of drug-likeness (QED) is 0.910. The molecule has 0 spiro atoms. The molecular weight excluding hydrogens is 307 g/mol. The maximum absolute atomic E-state index is 12.2. The fraction of sp³-hybridized carbons (Fsp3) is 0.562. The van der Waals surface area contributed by atoms with Crippen molar-refractivity contribution in [2.75, 3.05) is 19.6 Å². The van der Waals surface area contributed by atoms with Gasteiger partial charge in [-0.25, -0.2) is 0 Å². The Balaban J connectivity index is 1.86. The van der Waals surface area contributed by atoms with Gasteiger partial charge in [-0.1, -0.05) is 30.1 Å². The van der Waals surface area contributed by atoms with Gasteiger partial charge in [-0.05, 0) is 57.0 Å². The number of nitrogens with one attached hydrogen (secondary N) is 1. The van der Waals surface area contributed by atoms with Crippen molar-refractivity contribution >= 4 is 29.1 Å². The number of rotatable bonds is 4. The van der Waals surface area contributed by atoms with E-state index in [1.54, 1.807) is 18.2 Å². The molecule has 0 radical (unpaired) electrons. The van der Waals surface area contributed by atoms with Gasteiger partial charge in [-0.15, -0.1) is 0 Å².